The van der Waals surface area contributed by atoms with Gasteiger partial charge in [-0.3, -0.25) is 0 Å². The van der Waals surface area contributed by atoms with E-state index in [1.807, 2.05) is 0 Å². The SMILES string of the molecule is CCCCS[C@H](C)C[C@@H](C)O[Si](C)(C)C(C)(C)C. The van der Waals surface area contributed by atoms with Crippen LogP contribution in [0.4, 0.5) is 0 Å². The molecule has 0 aliphatic heterocycles. The Kier molecular flexibility index (Phi) is 8.19. The second-order valence-electron chi connectivity index (χ2n) is 6.96. The maximum absolute atomic E-state index is 6.40. The minimum absolute atomic E-state index is 0.319. The molecular weight excluding hydrogens is 256 g/mol. The quantitative estimate of drug-likeness (QED) is 0.418. The molecule has 2 atom stereocenters. The van der Waals surface area contributed by atoms with E-state index in [4.69, 9.17) is 4.43 Å². The Labute approximate surface area is 121 Å². The first-order valence-corrected chi connectivity index (χ1v) is 11.3. The standard InChI is InChI=1S/C15H34OSSi/c1-9-10-11-17-14(3)12-13(2)16-18(7,8)15(4,5)6/h13-14H,9-12H2,1-8H3/t13-,14-/m1/s1. The Bertz CT molecular complexity index is 223. The topological polar surface area (TPSA) is 9.23 Å². The van der Waals surface area contributed by atoms with Crippen LogP contribution in [-0.4, -0.2) is 25.4 Å². The largest absolute Gasteiger partial charge is 0.414 e. The summed E-state index contributed by atoms with van der Waals surface area (Å²) in [7, 11) is -1.58. The van der Waals surface area contributed by atoms with Crippen LogP contribution in [0.15, 0.2) is 0 Å². The van der Waals surface area contributed by atoms with Gasteiger partial charge in [-0.15, -0.1) is 0 Å². The molecule has 18 heavy (non-hydrogen) atoms. The Morgan fingerprint density at radius 3 is 2.17 bits per heavy atom. The van der Waals surface area contributed by atoms with Crippen molar-refractivity contribution in [1.82, 2.24) is 0 Å². The third kappa shape index (κ3) is 7.20. The van der Waals surface area contributed by atoms with Crippen molar-refractivity contribution in [1.29, 1.82) is 0 Å². The van der Waals surface area contributed by atoms with Gasteiger partial charge in [-0.1, -0.05) is 41.0 Å². The predicted molar refractivity (Wildman–Crippen MR) is 89.2 cm³/mol. The van der Waals surface area contributed by atoms with E-state index in [-0.39, 0.29) is 0 Å². The summed E-state index contributed by atoms with van der Waals surface area (Å²) >= 11 is 2.10. The van der Waals surface area contributed by atoms with Crippen LogP contribution in [0.25, 0.3) is 0 Å². The molecule has 1 nitrogen and oxygen atoms in total. The van der Waals surface area contributed by atoms with E-state index in [2.05, 4.69) is 66.4 Å². The highest BCUT2D eigenvalue weighted by Gasteiger charge is 2.38. The summed E-state index contributed by atoms with van der Waals surface area (Å²) in [6.07, 6.45) is 4.22. The molecule has 0 heterocycles. The van der Waals surface area contributed by atoms with E-state index in [0.29, 0.717) is 11.1 Å². The van der Waals surface area contributed by atoms with Crippen molar-refractivity contribution in [2.45, 2.75) is 90.3 Å². The molecule has 0 aromatic heterocycles. The second-order valence-corrected chi connectivity index (χ2v) is 13.3. The van der Waals surface area contributed by atoms with Gasteiger partial charge in [0.05, 0.1) is 0 Å². The van der Waals surface area contributed by atoms with Crippen LogP contribution in [0.2, 0.25) is 18.1 Å². The molecule has 0 spiro atoms. The summed E-state index contributed by atoms with van der Waals surface area (Å²) in [5.74, 6) is 1.30. The van der Waals surface area contributed by atoms with Crippen LogP contribution in [0.5, 0.6) is 0 Å². The Hall–Kier alpha value is 0.527. The molecule has 110 valence electrons. The van der Waals surface area contributed by atoms with Crippen molar-refractivity contribution in [3.8, 4) is 0 Å². The maximum Gasteiger partial charge on any atom is 0.192 e. The lowest BCUT2D eigenvalue weighted by Gasteiger charge is -2.39. The van der Waals surface area contributed by atoms with Crippen molar-refractivity contribution in [2.75, 3.05) is 5.75 Å². The number of unbranched alkanes of at least 4 members (excludes halogenated alkanes) is 1. The van der Waals surface area contributed by atoms with Gasteiger partial charge in [0.2, 0.25) is 0 Å². The normalized spacial score (nSPS) is 16.7. The second kappa shape index (κ2) is 7.96. The third-order valence-electron chi connectivity index (χ3n) is 3.87. The van der Waals surface area contributed by atoms with Crippen molar-refractivity contribution < 1.29 is 4.43 Å². The molecule has 0 aliphatic rings. The molecule has 0 aromatic rings. The predicted octanol–water partition coefficient (Wildman–Crippen LogP) is 5.71. The molecule has 3 heteroatoms. The van der Waals surface area contributed by atoms with Crippen LogP contribution in [0, 0.1) is 0 Å². The Morgan fingerprint density at radius 2 is 1.72 bits per heavy atom. The van der Waals surface area contributed by atoms with Gasteiger partial charge in [0.1, 0.15) is 0 Å². The summed E-state index contributed by atoms with van der Waals surface area (Å²) in [5.41, 5.74) is 0. The molecule has 0 aromatic carbocycles. The van der Waals surface area contributed by atoms with Crippen LogP contribution >= 0.6 is 11.8 Å². The molecule has 0 bridgehead atoms. The summed E-state index contributed by atoms with van der Waals surface area (Å²) in [6, 6.07) is 0. The van der Waals surface area contributed by atoms with Crippen molar-refractivity contribution in [3.63, 3.8) is 0 Å². The fourth-order valence-electron chi connectivity index (χ4n) is 1.69. The van der Waals surface area contributed by atoms with E-state index in [0.717, 1.165) is 5.25 Å². The highest BCUT2D eigenvalue weighted by atomic mass is 32.2. The zero-order valence-corrected chi connectivity index (χ0v) is 15.6. The minimum Gasteiger partial charge on any atom is -0.414 e. The maximum atomic E-state index is 6.40. The van der Waals surface area contributed by atoms with Crippen molar-refractivity contribution >= 4 is 20.1 Å². The minimum atomic E-state index is -1.58. The number of hydrogen-bond donors (Lipinski definition) is 0. The average Bonchev–Trinajstić information content (AvgIpc) is 2.14. The van der Waals surface area contributed by atoms with Crippen molar-refractivity contribution in [2.24, 2.45) is 0 Å². The van der Waals surface area contributed by atoms with Gasteiger partial charge in [-0.05, 0) is 43.7 Å². The molecule has 0 N–H and O–H groups in total. The lowest BCUT2D eigenvalue weighted by molar-refractivity contribution is 0.190. The van der Waals surface area contributed by atoms with Crippen molar-refractivity contribution in [3.05, 3.63) is 0 Å². The van der Waals surface area contributed by atoms with E-state index in [9.17, 15) is 0 Å². The highest BCUT2D eigenvalue weighted by Crippen LogP contribution is 2.38. The molecule has 0 saturated heterocycles. The molecule has 0 saturated carbocycles. The highest BCUT2D eigenvalue weighted by molar-refractivity contribution is 7.99. The zero-order valence-electron chi connectivity index (χ0n) is 13.8. The first-order chi connectivity index (χ1) is 8.10. The number of thioether (sulfide) groups is 1. The van der Waals surface area contributed by atoms with Gasteiger partial charge < -0.3 is 4.43 Å². The summed E-state index contributed by atoms with van der Waals surface area (Å²) in [5, 5.41) is 1.04. The van der Waals surface area contributed by atoms with Crippen LogP contribution in [0.3, 0.4) is 0 Å². The lowest BCUT2D eigenvalue weighted by Crippen LogP contribution is -2.43. The molecule has 0 unspecified atom stereocenters. The molecule has 0 aliphatic carbocycles. The average molecular weight is 291 g/mol. The summed E-state index contributed by atoms with van der Waals surface area (Å²) in [6.45, 7) is 18.5. The monoisotopic (exact) mass is 290 g/mol. The first kappa shape index (κ1) is 18.5. The van der Waals surface area contributed by atoms with E-state index >= 15 is 0 Å². The van der Waals surface area contributed by atoms with E-state index < -0.39 is 8.32 Å². The van der Waals surface area contributed by atoms with Crippen LogP contribution in [0.1, 0.15) is 60.8 Å². The smallest absolute Gasteiger partial charge is 0.192 e. The van der Waals surface area contributed by atoms with Crippen LogP contribution < -0.4 is 0 Å². The zero-order chi connectivity index (χ0) is 14.4. The lowest BCUT2D eigenvalue weighted by atomic mass is 10.2. The van der Waals surface area contributed by atoms with Gasteiger partial charge >= 0.3 is 0 Å². The van der Waals surface area contributed by atoms with Gasteiger partial charge in [-0.25, -0.2) is 0 Å². The first-order valence-electron chi connectivity index (χ1n) is 7.39. The number of rotatable bonds is 8. The summed E-state index contributed by atoms with van der Waals surface area (Å²) < 4.78 is 6.40. The molecule has 0 amide bonds. The molecular formula is C15H34OSSi. The van der Waals surface area contributed by atoms with Gasteiger partial charge in [0, 0.05) is 11.4 Å². The fraction of sp³-hybridized carbons (Fsp3) is 1.00. The number of hydrogen-bond acceptors (Lipinski definition) is 2. The Morgan fingerprint density at radius 1 is 1.17 bits per heavy atom. The van der Waals surface area contributed by atoms with Gasteiger partial charge in [-0.2, -0.15) is 11.8 Å². The third-order valence-corrected chi connectivity index (χ3v) is 9.76. The fourth-order valence-corrected chi connectivity index (χ4v) is 4.41. The molecule has 0 radical (unpaired) electrons. The molecule has 0 fully saturated rings. The molecule has 0 rings (SSSR count). The van der Waals surface area contributed by atoms with Crippen LogP contribution in [-0.2, 0) is 4.43 Å². The van der Waals surface area contributed by atoms with Gasteiger partial charge in [0.25, 0.3) is 0 Å². The summed E-state index contributed by atoms with van der Waals surface area (Å²) in [4.78, 5) is 0. The van der Waals surface area contributed by atoms with E-state index in [1.165, 1.54) is 25.0 Å². The Balaban J connectivity index is 4.06. The van der Waals surface area contributed by atoms with Gasteiger partial charge in [0.15, 0.2) is 8.32 Å². The van der Waals surface area contributed by atoms with E-state index in [1.54, 1.807) is 0 Å².